The first kappa shape index (κ1) is 32.6. The van der Waals surface area contributed by atoms with Gasteiger partial charge in [-0.2, -0.15) is 0 Å². The summed E-state index contributed by atoms with van der Waals surface area (Å²) in [6, 6.07) is 14.3. The summed E-state index contributed by atoms with van der Waals surface area (Å²) in [6.45, 7) is 3.75. The summed E-state index contributed by atoms with van der Waals surface area (Å²) >= 11 is 3.51. The van der Waals surface area contributed by atoms with Crippen LogP contribution in [-0.4, -0.2) is 55.0 Å². The van der Waals surface area contributed by atoms with E-state index in [-0.39, 0.29) is 18.2 Å². The molecule has 2 amide bonds. The van der Waals surface area contributed by atoms with Crippen LogP contribution >= 0.6 is 15.9 Å². The Morgan fingerprint density at radius 1 is 0.927 bits per heavy atom. The van der Waals surface area contributed by atoms with Crippen LogP contribution in [0.1, 0.15) is 93.5 Å². The van der Waals surface area contributed by atoms with Gasteiger partial charge in [-0.25, -0.2) is 0 Å². The fourth-order valence-electron chi connectivity index (χ4n) is 4.99. The average Bonchev–Trinajstić information content (AvgIpc) is 2.98. The number of piperazine rings is 1. The molecule has 0 aromatic heterocycles. The van der Waals surface area contributed by atoms with Crippen molar-refractivity contribution < 1.29 is 23.9 Å². The monoisotopic (exact) mass is 628 g/mol. The van der Waals surface area contributed by atoms with E-state index < -0.39 is 12.0 Å². The van der Waals surface area contributed by atoms with Crippen LogP contribution in [0.3, 0.4) is 0 Å². The number of nitrogens with one attached hydrogen (secondary N) is 1. The molecule has 0 saturated carbocycles. The second kappa shape index (κ2) is 18.5. The van der Waals surface area contributed by atoms with Crippen LogP contribution in [-0.2, 0) is 20.7 Å². The summed E-state index contributed by atoms with van der Waals surface area (Å²) in [7, 11) is 0. The molecule has 2 aromatic rings. The standard InChI is InChI=1S/C33H45BrN2O5/c1-2-3-4-5-6-7-8-9-10-14-22-41-31(37)25-29-32(38)35-20-21-36(29)33(39)27-17-18-30(28(34)24-27)40-23-19-26-15-12-11-13-16-26/h11-13,15-18,24,29H,2-10,14,19-23,25H2,1H3,(H,35,38). The first-order valence-electron chi connectivity index (χ1n) is 15.2. The Hall–Kier alpha value is -2.87. The van der Waals surface area contributed by atoms with Crippen LogP contribution in [0.4, 0.5) is 0 Å². The van der Waals surface area contributed by atoms with E-state index in [9.17, 15) is 14.4 Å². The number of unbranched alkanes of at least 4 members (excludes halogenated alkanes) is 9. The Kier molecular flexibility index (Phi) is 14.8. The second-order valence-corrected chi connectivity index (χ2v) is 11.5. The number of benzene rings is 2. The van der Waals surface area contributed by atoms with Crippen molar-refractivity contribution in [2.45, 2.75) is 90.0 Å². The number of hydrogen-bond acceptors (Lipinski definition) is 5. The van der Waals surface area contributed by atoms with Crippen molar-refractivity contribution in [2.24, 2.45) is 0 Å². The number of halogens is 1. The SMILES string of the molecule is CCCCCCCCCCCCOC(=O)CC1C(=O)NCCN1C(=O)c1ccc(OCCc2ccccc2)c(Br)c1. The fraction of sp³-hybridized carbons (Fsp3) is 0.545. The molecule has 1 aliphatic heterocycles. The summed E-state index contributed by atoms with van der Waals surface area (Å²) < 4.78 is 12.0. The highest BCUT2D eigenvalue weighted by atomic mass is 79.9. The predicted molar refractivity (Wildman–Crippen MR) is 165 cm³/mol. The minimum atomic E-state index is -0.892. The Labute approximate surface area is 253 Å². The molecule has 1 fully saturated rings. The zero-order valence-electron chi connectivity index (χ0n) is 24.4. The number of esters is 1. The van der Waals surface area contributed by atoms with E-state index in [4.69, 9.17) is 9.47 Å². The van der Waals surface area contributed by atoms with Gasteiger partial charge in [0.15, 0.2) is 0 Å². The minimum Gasteiger partial charge on any atom is -0.492 e. The quantitative estimate of drug-likeness (QED) is 0.144. The maximum atomic E-state index is 13.4. The van der Waals surface area contributed by atoms with Gasteiger partial charge >= 0.3 is 5.97 Å². The third-order valence-corrected chi connectivity index (χ3v) is 8.00. The van der Waals surface area contributed by atoms with Gasteiger partial charge in [-0.3, -0.25) is 14.4 Å². The van der Waals surface area contributed by atoms with Gasteiger partial charge in [0, 0.05) is 25.1 Å². The number of rotatable bonds is 18. The lowest BCUT2D eigenvalue weighted by atomic mass is 10.1. The van der Waals surface area contributed by atoms with Crippen molar-refractivity contribution in [1.82, 2.24) is 10.2 Å². The van der Waals surface area contributed by atoms with Crippen molar-refractivity contribution >= 4 is 33.7 Å². The van der Waals surface area contributed by atoms with Crippen LogP contribution in [0.15, 0.2) is 53.0 Å². The predicted octanol–water partition coefficient (Wildman–Crippen LogP) is 6.87. The Bertz CT molecular complexity index is 1090. The number of nitrogens with zero attached hydrogens (tertiary/aromatic N) is 1. The lowest BCUT2D eigenvalue weighted by Crippen LogP contribution is -2.57. The van der Waals surface area contributed by atoms with Crippen LogP contribution < -0.4 is 10.1 Å². The molecular formula is C33H45BrN2O5. The highest BCUT2D eigenvalue weighted by molar-refractivity contribution is 9.10. The number of carbonyl (C=O) groups excluding carboxylic acids is 3. The first-order valence-corrected chi connectivity index (χ1v) is 16.0. The van der Waals surface area contributed by atoms with Gasteiger partial charge in [0.05, 0.1) is 24.1 Å². The molecule has 1 saturated heterocycles. The van der Waals surface area contributed by atoms with E-state index in [0.717, 1.165) is 25.7 Å². The van der Waals surface area contributed by atoms with Gasteiger partial charge in [0.1, 0.15) is 11.8 Å². The number of hydrogen-bond donors (Lipinski definition) is 1. The molecule has 0 radical (unpaired) electrons. The Morgan fingerprint density at radius 2 is 1.61 bits per heavy atom. The number of carbonyl (C=O) groups is 3. The molecular weight excluding hydrogens is 584 g/mol. The van der Waals surface area contributed by atoms with E-state index in [1.807, 2.05) is 18.2 Å². The summed E-state index contributed by atoms with van der Waals surface area (Å²) in [5.74, 6) is -0.450. The van der Waals surface area contributed by atoms with Crippen molar-refractivity contribution in [3.05, 3.63) is 64.1 Å². The van der Waals surface area contributed by atoms with Gasteiger partial charge in [-0.05, 0) is 46.1 Å². The summed E-state index contributed by atoms with van der Waals surface area (Å²) in [5.41, 5.74) is 1.61. The third-order valence-electron chi connectivity index (χ3n) is 7.38. The molecule has 1 unspecified atom stereocenters. The topological polar surface area (TPSA) is 84.9 Å². The largest absolute Gasteiger partial charge is 0.492 e. The second-order valence-electron chi connectivity index (χ2n) is 10.6. The molecule has 0 bridgehead atoms. The summed E-state index contributed by atoms with van der Waals surface area (Å²) in [5, 5.41) is 2.77. The molecule has 41 heavy (non-hydrogen) atoms. The minimum absolute atomic E-state index is 0.156. The third kappa shape index (κ3) is 11.5. The maximum Gasteiger partial charge on any atom is 0.308 e. The van der Waals surface area contributed by atoms with Crippen molar-refractivity contribution in [2.75, 3.05) is 26.3 Å². The number of amides is 2. The summed E-state index contributed by atoms with van der Waals surface area (Å²) in [4.78, 5) is 40.1. The van der Waals surface area contributed by atoms with Gasteiger partial charge in [-0.1, -0.05) is 95.0 Å². The molecule has 224 valence electrons. The normalized spacial score (nSPS) is 14.9. The molecule has 1 heterocycles. The van der Waals surface area contributed by atoms with Gasteiger partial charge in [-0.15, -0.1) is 0 Å². The molecule has 0 spiro atoms. The molecule has 1 N–H and O–H groups in total. The van der Waals surface area contributed by atoms with Crippen LogP contribution in [0, 0.1) is 0 Å². The molecule has 0 aliphatic carbocycles. The Balaban J connectivity index is 1.42. The van der Waals surface area contributed by atoms with Gasteiger partial charge in [0.25, 0.3) is 5.91 Å². The van der Waals surface area contributed by atoms with Crippen molar-refractivity contribution in [3.8, 4) is 5.75 Å². The average molecular weight is 630 g/mol. The smallest absolute Gasteiger partial charge is 0.308 e. The number of ether oxygens (including phenoxy) is 2. The zero-order chi connectivity index (χ0) is 29.3. The van der Waals surface area contributed by atoms with Crippen LogP contribution in [0.25, 0.3) is 0 Å². The van der Waals surface area contributed by atoms with E-state index in [1.54, 1.807) is 18.2 Å². The van der Waals surface area contributed by atoms with E-state index in [1.165, 1.54) is 55.4 Å². The fourth-order valence-corrected chi connectivity index (χ4v) is 5.49. The van der Waals surface area contributed by atoms with E-state index in [2.05, 4.69) is 40.3 Å². The van der Waals surface area contributed by atoms with Crippen LogP contribution in [0.5, 0.6) is 5.75 Å². The van der Waals surface area contributed by atoms with Crippen molar-refractivity contribution in [3.63, 3.8) is 0 Å². The highest BCUT2D eigenvalue weighted by Gasteiger charge is 2.35. The highest BCUT2D eigenvalue weighted by Crippen LogP contribution is 2.27. The maximum absolute atomic E-state index is 13.4. The van der Waals surface area contributed by atoms with Gasteiger partial charge in [0.2, 0.25) is 5.91 Å². The molecule has 3 rings (SSSR count). The molecule has 1 atom stereocenters. The van der Waals surface area contributed by atoms with Crippen LogP contribution in [0.2, 0.25) is 0 Å². The molecule has 1 aliphatic rings. The first-order chi connectivity index (χ1) is 20.0. The molecule has 2 aromatic carbocycles. The summed E-state index contributed by atoms with van der Waals surface area (Å²) in [6.07, 6.45) is 12.7. The Morgan fingerprint density at radius 3 is 2.29 bits per heavy atom. The van der Waals surface area contributed by atoms with Gasteiger partial charge < -0.3 is 19.7 Å². The lowest BCUT2D eigenvalue weighted by Gasteiger charge is -2.34. The van der Waals surface area contributed by atoms with E-state index >= 15 is 0 Å². The van der Waals surface area contributed by atoms with E-state index in [0.29, 0.717) is 42.1 Å². The molecule has 8 heteroatoms. The molecule has 7 nitrogen and oxygen atoms in total. The van der Waals surface area contributed by atoms with Crippen molar-refractivity contribution in [1.29, 1.82) is 0 Å². The lowest BCUT2D eigenvalue weighted by molar-refractivity contribution is -0.147. The zero-order valence-corrected chi connectivity index (χ0v) is 26.0.